The van der Waals surface area contributed by atoms with Gasteiger partial charge in [-0.3, -0.25) is 0 Å². The van der Waals surface area contributed by atoms with Gasteiger partial charge in [-0.2, -0.15) is 0 Å². The summed E-state index contributed by atoms with van der Waals surface area (Å²) >= 11 is 3.41. The van der Waals surface area contributed by atoms with Gasteiger partial charge in [0, 0.05) is 18.3 Å². The summed E-state index contributed by atoms with van der Waals surface area (Å²) in [6.07, 6.45) is 0.802. The van der Waals surface area contributed by atoms with Crippen LogP contribution in [-0.2, 0) is 6.42 Å². The van der Waals surface area contributed by atoms with Crippen molar-refractivity contribution < 1.29 is 0 Å². The van der Waals surface area contributed by atoms with Gasteiger partial charge in [0.2, 0.25) is 5.54 Å². The quantitative estimate of drug-likeness (QED) is 0.692. The predicted molar refractivity (Wildman–Crippen MR) is 58.5 cm³/mol. The average Bonchev–Trinajstić information content (AvgIpc) is 2.03. The van der Waals surface area contributed by atoms with Crippen LogP contribution in [0.3, 0.4) is 0 Å². The van der Waals surface area contributed by atoms with Crippen LogP contribution in [0.5, 0.6) is 0 Å². The maximum absolute atomic E-state index is 7.02. The number of nitrogens with zero attached hydrogens (tertiary/aromatic N) is 1. The highest BCUT2D eigenvalue weighted by Crippen LogP contribution is 2.19. The molecule has 2 heteroatoms. The largest absolute Gasteiger partial charge is 0.311 e. The Morgan fingerprint density at radius 2 is 2.15 bits per heavy atom. The van der Waals surface area contributed by atoms with Crippen molar-refractivity contribution in [2.75, 3.05) is 0 Å². The molecular weight excluding hydrogens is 226 g/mol. The molecular formula is C11H12BrN. The zero-order valence-electron chi connectivity index (χ0n) is 7.84. The van der Waals surface area contributed by atoms with E-state index in [4.69, 9.17) is 6.57 Å². The van der Waals surface area contributed by atoms with Gasteiger partial charge >= 0.3 is 0 Å². The molecule has 68 valence electrons. The van der Waals surface area contributed by atoms with Gasteiger partial charge in [0.25, 0.3) is 0 Å². The van der Waals surface area contributed by atoms with Gasteiger partial charge in [-0.05, 0) is 17.7 Å². The van der Waals surface area contributed by atoms with E-state index in [2.05, 4.69) is 32.9 Å². The second-order valence-corrected chi connectivity index (χ2v) is 4.65. The summed E-state index contributed by atoms with van der Waals surface area (Å²) in [7, 11) is 0. The number of halogens is 1. The Balaban J connectivity index is 2.82. The summed E-state index contributed by atoms with van der Waals surface area (Å²) in [4.78, 5) is 3.58. The van der Waals surface area contributed by atoms with Crippen molar-refractivity contribution in [3.8, 4) is 0 Å². The maximum atomic E-state index is 7.02. The number of benzene rings is 1. The Hall–Kier alpha value is -0.810. The second-order valence-electron chi connectivity index (χ2n) is 3.73. The monoisotopic (exact) mass is 237 g/mol. The summed E-state index contributed by atoms with van der Waals surface area (Å²) in [6.45, 7) is 10.9. The Bertz CT molecular complexity index is 336. The topological polar surface area (TPSA) is 4.36 Å². The van der Waals surface area contributed by atoms with E-state index in [0.717, 1.165) is 10.9 Å². The molecule has 0 aliphatic rings. The van der Waals surface area contributed by atoms with Crippen molar-refractivity contribution in [1.29, 1.82) is 0 Å². The summed E-state index contributed by atoms with van der Waals surface area (Å²) in [5, 5.41) is 0. The smallest absolute Gasteiger partial charge is 0.231 e. The van der Waals surface area contributed by atoms with Crippen molar-refractivity contribution >= 4 is 15.9 Å². The molecule has 1 aromatic rings. The molecule has 1 rings (SSSR count). The van der Waals surface area contributed by atoms with Gasteiger partial charge in [0.1, 0.15) is 0 Å². The van der Waals surface area contributed by atoms with Crippen LogP contribution in [0.2, 0.25) is 0 Å². The second kappa shape index (κ2) is 3.93. The van der Waals surface area contributed by atoms with Crippen LogP contribution in [0.15, 0.2) is 28.7 Å². The standard InChI is InChI=1S/C11H12BrN/c1-11(2,13-3)8-9-5-4-6-10(12)7-9/h4-7H,8H2,1-2H3. The zero-order valence-corrected chi connectivity index (χ0v) is 9.43. The molecule has 0 aliphatic heterocycles. The molecule has 0 amide bonds. The third kappa shape index (κ3) is 3.20. The first kappa shape index (κ1) is 10.3. The molecule has 1 nitrogen and oxygen atoms in total. The lowest BCUT2D eigenvalue weighted by Gasteiger charge is -2.10. The van der Waals surface area contributed by atoms with E-state index in [1.54, 1.807) is 0 Å². The van der Waals surface area contributed by atoms with Crippen molar-refractivity contribution in [2.45, 2.75) is 25.8 Å². The average molecular weight is 238 g/mol. The highest BCUT2D eigenvalue weighted by Gasteiger charge is 2.22. The lowest BCUT2D eigenvalue weighted by Crippen LogP contribution is -2.17. The molecule has 0 saturated heterocycles. The molecule has 0 fully saturated rings. The minimum absolute atomic E-state index is 0.291. The molecule has 13 heavy (non-hydrogen) atoms. The van der Waals surface area contributed by atoms with E-state index < -0.39 is 0 Å². The molecule has 0 spiro atoms. The van der Waals surface area contributed by atoms with Crippen LogP contribution in [0.1, 0.15) is 19.4 Å². The Morgan fingerprint density at radius 3 is 2.69 bits per heavy atom. The van der Waals surface area contributed by atoms with E-state index in [1.807, 2.05) is 26.0 Å². The molecule has 0 radical (unpaired) electrons. The normalized spacial score (nSPS) is 10.9. The first-order valence-corrected chi connectivity index (χ1v) is 4.96. The van der Waals surface area contributed by atoms with Gasteiger partial charge in [-0.15, -0.1) is 0 Å². The van der Waals surface area contributed by atoms with Gasteiger partial charge in [0.15, 0.2) is 0 Å². The lowest BCUT2D eigenvalue weighted by atomic mass is 9.96. The molecule has 0 aromatic heterocycles. The predicted octanol–water partition coefficient (Wildman–Crippen LogP) is 3.69. The molecule has 1 aromatic carbocycles. The SMILES string of the molecule is [C-]#[N+]C(C)(C)Cc1cccc(Br)c1. The highest BCUT2D eigenvalue weighted by atomic mass is 79.9. The molecule has 0 unspecified atom stereocenters. The molecule has 0 N–H and O–H groups in total. The molecule has 0 heterocycles. The molecule has 0 aliphatic carbocycles. The first-order valence-electron chi connectivity index (χ1n) is 4.16. The Labute approximate surface area is 87.7 Å². The zero-order chi connectivity index (χ0) is 9.90. The fourth-order valence-corrected chi connectivity index (χ4v) is 1.63. The maximum Gasteiger partial charge on any atom is 0.231 e. The van der Waals surface area contributed by atoms with E-state index in [9.17, 15) is 0 Å². The van der Waals surface area contributed by atoms with Gasteiger partial charge in [-0.1, -0.05) is 28.1 Å². The van der Waals surface area contributed by atoms with E-state index in [1.165, 1.54) is 5.56 Å². The van der Waals surface area contributed by atoms with Crippen LogP contribution in [0.4, 0.5) is 0 Å². The summed E-state index contributed by atoms with van der Waals surface area (Å²) in [5.74, 6) is 0. The van der Waals surface area contributed by atoms with E-state index >= 15 is 0 Å². The van der Waals surface area contributed by atoms with Crippen LogP contribution in [0.25, 0.3) is 4.85 Å². The lowest BCUT2D eigenvalue weighted by molar-refractivity contribution is 0.609. The van der Waals surface area contributed by atoms with Crippen molar-refractivity contribution in [2.24, 2.45) is 0 Å². The van der Waals surface area contributed by atoms with Crippen LogP contribution in [0, 0.1) is 6.57 Å². The number of rotatable bonds is 2. The third-order valence-electron chi connectivity index (χ3n) is 1.83. The number of hydrogen-bond donors (Lipinski definition) is 0. The summed E-state index contributed by atoms with van der Waals surface area (Å²) < 4.78 is 1.07. The van der Waals surface area contributed by atoms with E-state index in [0.29, 0.717) is 0 Å². The minimum Gasteiger partial charge on any atom is -0.311 e. The number of hydrogen-bond acceptors (Lipinski definition) is 0. The van der Waals surface area contributed by atoms with Crippen LogP contribution in [-0.4, -0.2) is 5.54 Å². The van der Waals surface area contributed by atoms with Crippen LogP contribution < -0.4 is 0 Å². The van der Waals surface area contributed by atoms with Crippen molar-refractivity contribution in [1.82, 2.24) is 0 Å². The molecule has 0 saturated carbocycles. The van der Waals surface area contributed by atoms with Gasteiger partial charge < -0.3 is 4.85 Å². The van der Waals surface area contributed by atoms with Crippen LogP contribution >= 0.6 is 15.9 Å². The van der Waals surface area contributed by atoms with Gasteiger partial charge in [0.05, 0.1) is 6.42 Å². The Kier molecular flexibility index (Phi) is 3.11. The summed E-state index contributed by atoms with van der Waals surface area (Å²) in [5.41, 5.74) is 0.913. The fourth-order valence-electron chi connectivity index (χ4n) is 1.19. The van der Waals surface area contributed by atoms with Gasteiger partial charge in [-0.25, -0.2) is 6.57 Å². The van der Waals surface area contributed by atoms with E-state index in [-0.39, 0.29) is 5.54 Å². The molecule has 0 atom stereocenters. The Morgan fingerprint density at radius 1 is 1.46 bits per heavy atom. The van der Waals surface area contributed by atoms with Crippen molar-refractivity contribution in [3.05, 3.63) is 45.7 Å². The minimum atomic E-state index is -0.291. The van der Waals surface area contributed by atoms with Crippen molar-refractivity contribution in [3.63, 3.8) is 0 Å². The fraction of sp³-hybridized carbons (Fsp3) is 0.364. The summed E-state index contributed by atoms with van der Waals surface area (Å²) in [6, 6.07) is 8.11. The third-order valence-corrected chi connectivity index (χ3v) is 2.32. The highest BCUT2D eigenvalue weighted by molar-refractivity contribution is 9.10. The molecule has 0 bridgehead atoms. The first-order chi connectivity index (χ1) is 6.03.